The summed E-state index contributed by atoms with van der Waals surface area (Å²) in [4.78, 5) is 12.4. The lowest BCUT2D eigenvalue weighted by Gasteiger charge is -2.20. The Morgan fingerprint density at radius 1 is 0.462 bits per heavy atom. The Kier molecular flexibility index (Phi) is 42.4. The zero-order valence-electron chi connectivity index (χ0n) is 34.8. The number of hydrogen-bond acceptors (Lipinski definition) is 3. The van der Waals surface area contributed by atoms with Gasteiger partial charge in [-0.05, 0) is 57.8 Å². The fourth-order valence-electron chi connectivity index (χ4n) is 6.77. The first-order valence-corrected chi connectivity index (χ1v) is 22.9. The van der Waals surface area contributed by atoms with Crippen LogP contribution >= 0.6 is 0 Å². The topological polar surface area (TPSA) is 69.6 Å². The van der Waals surface area contributed by atoms with Crippen molar-refractivity contribution in [1.29, 1.82) is 0 Å². The molecule has 0 radical (unpaired) electrons. The molecule has 0 aliphatic rings. The van der Waals surface area contributed by atoms with E-state index in [9.17, 15) is 15.0 Å². The minimum Gasteiger partial charge on any atom is -0.394 e. The summed E-state index contributed by atoms with van der Waals surface area (Å²) in [6, 6.07) is -0.627. The van der Waals surface area contributed by atoms with Gasteiger partial charge in [0.25, 0.3) is 0 Å². The van der Waals surface area contributed by atoms with Gasteiger partial charge >= 0.3 is 0 Å². The molecule has 0 rings (SSSR count). The minimum atomic E-state index is -0.843. The third-order valence-electron chi connectivity index (χ3n) is 10.3. The molecule has 0 fully saturated rings. The maximum absolute atomic E-state index is 12.4. The average Bonchev–Trinajstić information content (AvgIpc) is 3.15. The van der Waals surface area contributed by atoms with Gasteiger partial charge in [-0.25, -0.2) is 0 Å². The van der Waals surface area contributed by atoms with Gasteiger partial charge < -0.3 is 15.5 Å². The summed E-state index contributed by atoms with van der Waals surface area (Å²) in [5.41, 5.74) is 0. The Labute approximate surface area is 324 Å². The van der Waals surface area contributed by atoms with Crippen LogP contribution in [0.1, 0.15) is 232 Å². The van der Waals surface area contributed by atoms with Crippen LogP contribution in [0.3, 0.4) is 0 Å². The quantitative estimate of drug-likeness (QED) is 0.0434. The summed E-state index contributed by atoms with van der Waals surface area (Å²) in [5, 5.41) is 23.0. The monoisotopic (exact) mass is 728 g/mol. The first-order valence-electron chi connectivity index (χ1n) is 22.9. The van der Waals surface area contributed by atoms with Crippen molar-refractivity contribution in [2.45, 2.75) is 244 Å². The molecule has 0 heterocycles. The van der Waals surface area contributed by atoms with Crippen molar-refractivity contribution in [3.63, 3.8) is 0 Å². The molecule has 0 spiro atoms. The number of unbranched alkanes of at least 4 members (excludes halogenated alkanes) is 28. The number of carbonyl (C=O) groups is 1. The molecule has 3 N–H and O–H groups in total. The second-order valence-corrected chi connectivity index (χ2v) is 15.5. The van der Waals surface area contributed by atoms with Gasteiger partial charge in [-0.3, -0.25) is 4.79 Å². The fourth-order valence-corrected chi connectivity index (χ4v) is 6.77. The molecule has 0 saturated carbocycles. The Morgan fingerprint density at radius 3 is 1.17 bits per heavy atom. The molecule has 52 heavy (non-hydrogen) atoms. The highest BCUT2D eigenvalue weighted by Crippen LogP contribution is 2.15. The minimum absolute atomic E-state index is 0.0715. The Morgan fingerprint density at radius 2 is 0.788 bits per heavy atom. The zero-order chi connectivity index (χ0) is 37.8. The standard InChI is InChI=1S/C48H89NO3/c1-3-5-7-9-11-13-15-17-19-21-22-23-24-25-26-28-30-32-34-36-38-40-42-44-48(52)49-46(45-50)47(51)43-41-39-37-35-33-31-29-27-20-18-16-14-12-10-8-6-4-2/h15,17,21-22,24-25,41,43,46-47,50-51H,3-14,16,18-20,23,26-40,42,44-45H2,1-2H3,(H,49,52)/b17-15-,22-21-,25-24-,43-41+. The lowest BCUT2D eigenvalue weighted by Crippen LogP contribution is -2.45. The maximum atomic E-state index is 12.4. The smallest absolute Gasteiger partial charge is 0.220 e. The van der Waals surface area contributed by atoms with Gasteiger partial charge in [0.05, 0.1) is 18.8 Å². The van der Waals surface area contributed by atoms with E-state index in [4.69, 9.17) is 0 Å². The van der Waals surface area contributed by atoms with Crippen molar-refractivity contribution in [3.05, 3.63) is 48.6 Å². The average molecular weight is 728 g/mol. The summed E-state index contributed by atoms with van der Waals surface area (Å²) in [6.07, 6.45) is 59.3. The van der Waals surface area contributed by atoms with Gasteiger partial charge in [0, 0.05) is 6.42 Å². The highest BCUT2D eigenvalue weighted by Gasteiger charge is 2.17. The van der Waals surface area contributed by atoms with Crippen molar-refractivity contribution in [1.82, 2.24) is 5.32 Å². The molecule has 4 heteroatoms. The van der Waals surface area contributed by atoms with Crippen LogP contribution in [-0.4, -0.2) is 34.9 Å². The first-order chi connectivity index (χ1) is 25.7. The van der Waals surface area contributed by atoms with Crippen LogP contribution in [0, 0.1) is 0 Å². The number of carbonyl (C=O) groups excluding carboxylic acids is 1. The molecule has 4 nitrogen and oxygen atoms in total. The van der Waals surface area contributed by atoms with Crippen LogP contribution < -0.4 is 5.32 Å². The van der Waals surface area contributed by atoms with E-state index < -0.39 is 12.1 Å². The molecular formula is C48H89NO3. The number of allylic oxidation sites excluding steroid dienone is 7. The molecule has 0 aliphatic carbocycles. The number of hydrogen-bond donors (Lipinski definition) is 3. The van der Waals surface area contributed by atoms with Gasteiger partial charge in [-0.15, -0.1) is 0 Å². The Balaban J connectivity index is 3.59. The van der Waals surface area contributed by atoms with Crippen LogP contribution in [0.5, 0.6) is 0 Å². The van der Waals surface area contributed by atoms with Crippen LogP contribution in [0.2, 0.25) is 0 Å². The molecule has 1 amide bonds. The molecule has 0 bridgehead atoms. The summed E-state index contributed by atoms with van der Waals surface area (Å²) in [5.74, 6) is -0.0715. The third kappa shape index (κ3) is 39.6. The van der Waals surface area contributed by atoms with Crippen LogP contribution in [-0.2, 0) is 4.79 Å². The van der Waals surface area contributed by atoms with Crippen molar-refractivity contribution in [3.8, 4) is 0 Å². The number of nitrogens with one attached hydrogen (secondary N) is 1. The lowest BCUT2D eigenvalue weighted by atomic mass is 10.0. The van der Waals surface area contributed by atoms with Crippen LogP contribution in [0.15, 0.2) is 48.6 Å². The van der Waals surface area contributed by atoms with E-state index in [1.54, 1.807) is 6.08 Å². The number of rotatable bonds is 41. The van der Waals surface area contributed by atoms with E-state index in [-0.39, 0.29) is 12.5 Å². The Bertz CT molecular complexity index is 831. The Hall–Kier alpha value is -1.65. The summed E-state index contributed by atoms with van der Waals surface area (Å²) in [6.45, 7) is 4.30. The van der Waals surface area contributed by atoms with Gasteiger partial charge in [0.15, 0.2) is 0 Å². The second kappa shape index (κ2) is 43.8. The number of amides is 1. The van der Waals surface area contributed by atoms with E-state index in [1.807, 2.05) is 6.08 Å². The van der Waals surface area contributed by atoms with Gasteiger partial charge in [0.2, 0.25) is 5.91 Å². The number of aliphatic hydroxyl groups excluding tert-OH is 2. The normalized spacial score (nSPS) is 13.4. The van der Waals surface area contributed by atoms with Gasteiger partial charge in [-0.2, -0.15) is 0 Å². The molecule has 304 valence electrons. The predicted molar refractivity (Wildman–Crippen MR) is 230 cm³/mol. The van der Waals surface area contributed by atoms with E-state index in [1.165, 1.54) is 173 Å². The largest absolute Gasteiger partial charge is 0.394 e. The van der Waals surface area contributed by atoms with E-state index in [2.05, 4.69) is 55.6 Å². The zero-order valence-corrected chi connectivity index (χ0v) is 34.8. The van der Waals surface area contributed by atoms with E-state index in [0.717, 1.165) is 38.5 Å². The highest BCUT2D eigenvalue weighted by atomic mass is 16.3. The number of aliphatic hydroxyl groups is 2. The summed E-state index contributed by atoms with van der Waals surface area (Å²) < 4.78 is 0. The van der Waals surface area contributed by atoms with Gasteiger partial charge in [0.1, 0.15) is 0 Å². The second-order valence-electron chi connectivity index (χ2n) is 15.5. The highest BCUT2D eigenvalue weighted by molar-refractivity contribution is 5.76. The molecule has 0 aliphatic heterocycles. The van der Waals surface area contributed by atoms with E-state index >= 15 is 0 Å². The van der Waals surface area contributed by atoms with Crippen molar-refractivity contribution >= 4 is 5.91 Å². The van der Waals surface area contributed by atoms with Crippen molar-refractivity contribution in [2.75, 3.05) is 6.61 Å². The molecule has 0 aromatic carbocycles. The fraction of sp³-hybridized carbons (Fsp3) is 0.812. The van der Waals surface area contributed by atoms with Crippen LogP contribution in [0.25, 0.3) is 0 Å². The molecule has 0 aromatic heterocycles. The lowest BCUT2D eigenvalue weighted by molar-refractivity contribution is -0.123. The molecular weight excluding hydrogens is 639 g/mol. The molecule has 2 atom stereocenters. The summed E-state index contributed by atoms with van der Waals surface area (Å²) >= 11 is 0. The summed E-state index contributed by atoms with van der Waals surface area (Å²) in [7, 11) is 0. The molecule has 0 aromatic rings. The van der Waals surface area contributed by atoms with Crippen LogP contribution in [0.4, 0.5) is 0 Å². The van der Waals surface area contributed by atoms with Crippen molar-refractivity contribution < 1.29 is 15.0 Å². The van der Waals surface area contributed by atoms with Crippen molar-refractivity contribution in [2.24, 2.45) is 0 Å². The molecule has 0 saturated heterocycles. The maximum Gasteiger partial charge on any atom is 0.220 e. The van der Waals surface area contributed by atoms with E-state index in [0.29, 0.717) is 6.42 Å². The first kappa shape index (κ1) is 50.4. The predicted octanol–water partition coefficient (Wildman–Crippen LogP) is 14.4. The SMILES string of the molecule is CCCCCCC/C=C\C/C=C\C/C=C\CCCCCCCCCCC(=O)NC(CO)C(O)/C=C/CCCCCCCCCCCCCCCCC. The third-order valence-corrected chi connectivity index (χ3v) is 10.3. The molecule has 2 unspecified atom stereocenters. The van der Waals surface area contributed by atoms with Gasteiger partial charge in [-0.1, -0.05) is 217 Å².